The maximum Gasteiger partial charge on any atom is 0.433 e. The van der Waals surface area contributed by atoms with Gasteiger partial charge in [0.15, 0.2) is 0 Å². The molecule has 0 aromatic heterocycles. The van der Waals surface area contributed by atoms with Gasteiger partial charge in [-0.1, -0.05) is 25.1 Å². The minimum Gasteiger partial charge on any atom is -0.323 e. The van der Waals surface area contributed by atoms with Crippen LogP contribution >= 0.6 is 0 Å². The quantitative estimate of drug-likeness (QED) is 0.263. The van der Waals surface area contributed by atoms with Crippen LogP contribution in [-0.4, -0.2) is 28.1 Å². The Hall–Kier alpha value is -1.17. The molecule has 0 radical (unpaired) electrons. The highest BCUT2D eigenvalue weighted by atomic mass is 32.2. The first-order chi connectivity index (χ1) is 7.51. The third kappa shape index (κ3) is 6.34. The molecule has 0 heterocycles. The van der Waals surface area contributed by atoms with Crippen molar-refractivity contribution in [2.75, 3.05) is 12.8 Å². The molecule has 16 heavy (non-hydrogen) atoms. The monoisotopic (exact) mass is 246 g/mol. The fourth-order valence-corrected chi connectivity index (χ4v) is 1.91. The fourth-order valence-electron chi connectivity index (χ4n) is 0.862. The van der Waals surface area contributed by atoms with E-state index >= 15 is 0 Å². The van der Waals surface area contributed by atoms with Crippen LogP contribution in [0.2, 0.25) is 0 Å². The number of rotatable bonds is 5. The van der Waals surface area contributed by atoms with E-state index in [0.29, 0.717) is 23.1 Å². The summed E-state index contributed by atoms with van der Waals surface area (Å²) in [4.78, 5) is 15.4. The number of hydrogen-bond acceptors (Lipinski definition) is 4. The molecule has 0 aromatic carbocycles. The Morgan fingerprint density at radius 3 is 2.69 bits per heavy atom. The third-order valence-electron chi connectivity index (χ3n) is 1.55. The van der Waals surface area contributed by atoms with Crippen molar-refractivity contribution in [3.8, 4) is 0 Å². The molecule has 0 aromatic rings. The molecule has 1 atom stereocenters. The van der Waals surface area contributed by atoms with Crippen LogP contribution in [0.25, 0.3) is 0 Å². The topological polar surface area (TPSA) is 67.8 Å². The van der Waals surface area contributed by atoms with Gasteiger partial charge in [0.1, 0.15) is 5.04 Å². The molecule has 0 aliphatic carbocycles. The van der Waals surface area contributed by atoms with Crippen molar-refractivity contribution in [1.29, 1.82) is 0 Å². The number of oxime groups is 1. The van der Waals surface area contributed by atoms with Gasteiger partial charge in [0.05, 0.1) is 10.8 Å². The lowest BCUT2D eigenvalue weighted by atomic mass is 10.1. The number of nitrogens with one attached hydrogen (secondary N) is 1. The summed E-state index contributed by atoms with van der Waals surface area (Å²) in [5.41, 5.74) is 0. The second kappa shape index (κ2) is 8.04. The zero-order valence-corrected chi connectivity index (χ0v) is 10.7. The average molecular weight is 246 g/mol. The second-order valence-electron chi connectivity index (χ2n) is 3.51. The molecule has 0 aliphatic heterocycles. The van der Waals surface area contributed by atoms with Crippen LogP contribution in [0.1, 0.15) is 20.3 Å². The highest BCUT2D eigenvalue weighted by Gasteiger charge is 2.12. The molecule has 0 aliphatic rings. The number of nitrogens with zero attached hydrogens (tertiary/aromatic N) is 1. The standard InChI is InChI=1S/C10H18N2O3S/c1-5-6-16(14)9(7-8(2)3)12-15-10(13)11-4/h5,8H,1,6-7H2,2-4H3,(H,11,13). The van der Waals surface area contributed by atoms with Crippen molar-refractivity contribution in [2.45, 2.75) is 20.3 Å². The molecule has 1 amide bonds. The van der Waals surface area contributed by atoms with Gasteiger partial charge in [0.25, 0.3) is 0 Å². The van der Waals surface area contributed by atoms with Crippen LogP contribution in [0.3, 0.4) is 0 Å². The summed E-state index contributed by atoms with van der Waals surface area (Å²) < 4.78 is 11.7. The summed E-state index contributed by atoms with van der Waals surface area (Å²) >= 11 is 0. The lowest BCUT2D eigenvalue weighted by molar-refractivity contribution is 0.153. The zero-order chi connectivity index (χ0) is 12.6. The first-order valence-electron chi connectivity index (χ1n) is 4.96. The van der Waals surface area contributed by atoms with E-state index in [9.17, 15) is 9.00 Å². The van der Waals surface area contributed by atoms with Gasteiger partial charge in [0.2, 0.25) is 0 Å². The normalized spacial score (nSPS) is 13.4. The van der Waals surface area contributed by atoms with Crippen LogP contribution in [0.4, 0.5) is 4.79 Å². The number of carbonyl (C=O) groups excluding carboxylic acids is 1. The summed E-state index contributed by atoms with van der Waals surface area (Å²) in [5, 5.41) is 6.24. The van der Waals surface area contributed by atoms with Gasteiger partial charge < -0.3 is 5.32 Å². The minimum absolute atomic E-state index is 0.292. The maximum atomic E-state index is 11.7. The van der Waals surface area contributed by atoms with E-state index in [1.54, 1.807) is 6.08 Å². The van der Waals surface area contributed by atoms with Gasteiger partial charge in [-0.2, -0.15) is 0 Å². The first kappa shape index (κ1) is 14.8. The minimum atomic E-state index is -1.27. The Morgan fingerprint density at radius 1 is 1.62 bits per heavy atom. The molecule has 0 saturated heterocycles. The Balaban J connectivity index is 4.58. The van der Waals surface area contributed by atoms with Crippen LogP contribution in [-0.2, 0) is 15.6 Å². The van der Waals surface area contributed by atoms with Gasteiger partial charge in [-0.25, -0.2) is 4.79 Å². The van der Waals surface area contributed by atoms with Gasteiger partial charge >= 0.3 is 6.09 Å². The number of carbonyl (C=O) groups is 1. The van der Waals surface area contributed by atoms with E-state index < -0.39 is 16.9 Å². The van der Waals surface area contributed by atoms with Crippen molar-refractivity contribution in [3.63, 3.8) is 0 Å². The molecule has 0 saturated carbocycles. The average Bonchev–Trinajstić information content (AvgIpc) is 2.23. The molecular formula is C10H18N2O3S. The van der Waals surface area contributed by atoms with E-state index in [0.717, 1.165) is 0 Å². The van der Waals surface area contributed by atoms with E-state index in [4.69, 9.17) is 0 Å². The van der Waals surface area contributed by atoms with E-state index in [1.165, 1.54) is 7.05 Å². The van der Waals surface area contributed by atoms with Crippen LogP contribution < -0.4 is 5.32 Å². The maximum absolute atomic E-state index is 11.7. The predicted molar refractivity (Wildman–Crippen MR) is 65.6 cm³/mol. The Labute approximate surface area is 98.4 Å². The summed E-state index contributed by atoms with van der Waals surface area (Å²) in [6.07, 6.45) is 1.40. The summed E-state index contributed by atoms with van der Waals surface area (Å²) in [6.45, 7) is 7.45. The highest BCUT2D eigenvalue weighted by molar-refractivity contribution is 8.00. The van der Waals surface area contributed by atoms with Gasteiger partial charge in [-0.3, -0.25) is 9.05 Å². The molecule has 6 heteroatoms. The summed E-state index contributed by atoms with van der Waals surface area (Å²) in [5.74, 6) is 0.601. The first-order valence-corrected chi connectivity index (χ1v) is 6.28. The van der Waals surface area contributed by atoms with E-state index in [2.05, 4.69) is 21.9 Å². The van der Waals surface area contributed by atoms with Crippen LogP contribution in [0, 0.1) is 5.92 Å². The van der Waals surface area contributed by atoms with Crippen molar-refractivity contribution in [1.82, 2.24) is 5.32 Å². The molecule has 0 fully saturated rings. The zero-order valence-electron chi connectivity index (χ0n) is 9.86. The molecular weight excluding hydrogens is 228 g/mol. The summed E-state index contributed by atoms with van der Waals surface area (Å²) in [7, 11) is 0.161. The molecule has 0 bridgehead atoms. The van der Waals surface area contributed by atoms with E-state index in [1.807, 2.05) is 13.8 Å². The third-order valence-corrected chi connectivity index (χ3v) is 2.85. The molecule has 1 unspecified atom stereocenters. The van der Waals surface area contributed by atoms with Crippen molar-refractivity contribution in [2.24, 2.45) is 11.1 Å². The molecule has 0 spiro atoms. The molecule has 1 N–H and O–H groups in total. The van der Waals surface area contributed by atoms with Crippen LogP contribution in [0.15, 0.2) is 17.8 Å². The number of amides is 1. The fraction of sp³-hybridized carbons (Fsp3) is 0.600. The second-order valence-corrected chi connectivity index (χ2v) is 5.01. The lowest BCUT2D eigenvalue weighted by Gasteiger charge is -2.06. The largest absolute Gasteiger partial charge is 0.433 e. The highest BCUT2D eigenvalue weighted by Crippen LogP contribution is 2.06. The molecule has 92 valence electrons. The Morgan fingerprint density at radius 2 is 2.25 bits per heavy atom. The van der Waals surface area contributed by atoms with Crippen molar-refractivity contribution >= 4 is 21.9 Å². The predicted octanol–water partition coefficient (Wildman–Crippen LogP) is 1.64. The van der Waals surface area contributed by atoms with Crippen molar-refractivity contribution < 1.29 is 13.8 Å². The lowest BCUT2D eigenvalue weighted by Crippen LogP contribution is -2.19. The van der Waals surface area contributed by atoms with E-state index in [-0.39, 0.29) is 0 Å². The van der Waals surface area contributed by atoms with Crippen molar-refractivity contribution in [3.05, 3.63) is 12.7 Å². The molecule has 5 nitrogen and oxygen atoms in total. The molecule has 0 rings (SSSR count). The smallest absolute Gasteiger partial charge is 0.323 e. The SMILES string of the molecule is C=CCS(=O)C(CC(C)C)=NOC(=O)NC. The van der Waals surface area contributed by atoms with Crippen LogP contribution in [0.5, 0.6) is 0 Å². The summed E-state index contributed by atoms with van der Waals surface area (Å²) in [6, 6.07) is 0. The van der Waals surface area contributed by atoms with Gasteiger partial charge in [-0.15, -0.1) is 6.58 Å². The number of hydrogen-bond donors (Lipinski definition) is 1. The Bertz CT molecular complexity index is 300. The van der Waals surface area contributed by atoms with Gasteiger partial charge in [-0.05, 0) is 5.92 Å². The van der Waals surface area contributed by atoms with Gasteiger partial charge in [0, 0.05) is 19.2 Å². The Kier molecular flexibility index (Phi) is 7.45.